The summed E-state index contributed by atoms with van der Waals surface area (Å²) in [6, 6.07) is 11.9. The van der Waals surface area contributed by atoms with Crippen molar-refractivity contribution in [3.8, 4) is 6.07 Å². The van der Waals surface area contributed by atoms with Crippen LogP contribution in [0.15, 0.2) is 30.3 Å². The lowest BCUT2D eigenvalue weighted by molar-refractivity contribution is 0.348. The summed E-state index contributed by atoms with van der Waals surface area (Å²) >= 11 is 0. The van der Waals surface area contributed by atoms with Gasteiger partial charge < -0.3 is 0 Å². The third-order valence-corrected chi connectivity index (χ3v) is 6.63. The van der Waals surface area contributed by atoms with Crippen LogP contribution in [0.4, 0.5) is 8.78 Å². The van der Waals surface area contributed by atoms with Gasteiger partial charge in [-0.2, -0.15) is 5.26 Å². The second-order valence-corrected chi connectivity index (χ2v) is 8.36. The summed E-state index contributed by atoms with van der Waals surface area (Å²) in [5, 5.41) is 8.95. The van der Waals surface area contributed by atoms with Crippen molar-refractivity contribution in [2.24, 2.45) is 5.92 Å². The van der Waals surface area contributed by atoms with Crippen LogP contribution >= 0.6 is 0 Å². The van der Waals surface area contributed by atoms with Crippen molar-refractivity contribution in [2.45, 2.75) is 63.7 Å². The molecule has 140 valence electrons. The van der Waals surface area contributed by atoms with Gasteiger partial charge in [-0.15, -0.1) is 0 Å². The van der Waals surface area contributed by atoms with Crippen molar-refractivity contribution < 1.29 is 8.78 Å². The molecule has 1 unspecified atom stereocenters. The van der Waals surface area contributed by atoms with Gasteiger partial charge in [0.15, 0.2) is 0 Å². The summed E-state index contributed by atoms with van der Waals surface area (Å²) in [6.07, 6.45) is 7.20. The number of hydrogen-bond acceptors (Lipinski definition) is 1. The molecule has 2 aliphatic rings. The number of fused-ring (bicyclic) bond motifs is 1. The number of nitriles is 1. The molecule has 0 heterocycles. The van der Waals surface area contributed by atoms with Crippen molar-refractivity contribution in [1.29, 1.82) is 5.26 Å². The van der Waals surface area contributed by atoms with Crippen LogP contribution in [0.2, 0.25) is 0 Å². The van der Waals surface area contributed by atoms with E-state index in [4.69, 9.17) is 5.26 Å². The Kier molecular flexibility index (Phi) is 5.00. The molecule has 1 atom stereocenters. The van der Waals surface area contributed by atoms with E-state index in [0.717, 1.165) is 12.3 Å². The van der Waals surface area contributed by atoms with Crippen molar-refractivity contribution in [3.05, 3.63) is 69.8 Å². The maximum absolute atomic E-state index is 14.4. The van der Waals surface area contributed by atoms with Gasteiger partial charge in [-0.25, -0.2) is 8.78 Å². The maximum atomic E-state index is 14.4. The highest BCUT2D eigenvalue weighted by Crippen LogP contribution is 2.38. The molecule has 0 bridgehead atoms. The van der Waals surface area contributed by atoms with Gasteiger partial charge in [-0.1, -0.05) is 44.0 Å². The van der Waals surface area contributed by atoms with E-state index in [1.807, 2.05) is 0 Å². The van der Waals surface area contributed by atoms with Crippen LogP contribution in [-0.4, -0.2) is 0 Å². The van der Waals surface area contributed by atoms with Gasteiger partial charge >= 0.3 is 0 Å². The first-order chi connectivity index (χ1) is 13.1. The van der Waals surface area contributed by atoms with Crippen molar-refractivity contribution >= 4 is 0 Å². The fraction of sp³-hybridized carbons (Fsp3) is 0.458. The largest absolute Gasteiger partial charge is 0.205 e. The van der Waals surface area contributed by atoms with Crippen LogP contribution in [-0.2, 0) is 12.8 Å². The average Bonchev–Trinajstić information content (AvgIpc) is 2.68. The lowest BCUT2D eigenvalue weighted by Crippen LogP contribution is -2.16. The van der Waals surface area contributed by atoms with Crippen LogP contribution in [0.25, 0.3) is 0 Å². The first-order valence-electron chi connectivity index (χ1n) is 10.1. The molecule has 0 saturated heterocycles. The molecule has 0 N–H and O–H groups in total. The van der Waals surface area contributed by atoms with E-state index in [1.54, 1.807) is 6.07 Å². The Hall–Kier alpha value is -2.21. The Morgan fingerprint density at radius 1 is 0.926 bits per heavy atom. The maximum Gasteiger partial charge on any atom is 0.147 e. The zero-order valence-electron chi connectivity index (χ0n) is 15.8. The highest BCUT2D eigenvalue weighted by atomic mass is 19.1. The fourth-order valence-corrected chi connectivity index (χ4v) is 4.87. The van der Waals surface area contributed by atoms with E-state index in [0.29, 0.717) is 29.9 Å². The lowest BCUT2D eigenvalue weighted by atomic mass is 9.77. The van der Waals surface area contributed by atoms with Gasteiger partial charge in [-0.05, 0) is 78.2 Å². The van der Waals surface area contributed by atoms with E-state index in [9.17, 15) is 8.78 Å². The quantitative estimate of drug-likeness (QED) is 0.604. The van der Waals surface area contributed by atoms with Gasteiger partial charge in [0.1, 0.15) is 23.3 Å². The molecule has 27 heavy (non-hydrogen) atoms. The molecule has 0 aliphatic heterocycles. The van der Waals surface area contributed by atoms with E-state index in [-0.39, 0.29) is 5.92 Å². The minimum Gasteiger partial charge on any atom is -0.205 e. The van der Waals surface area contributed by atoms with E-state index in [1.165, 1.54) is 42.9 Å². The Morgan fingerprint density at radius 2 is 1.56 bits per heavy atom. The number of nitrogens with zero attached hydrogens (tertiary/aromatic N) is 1. The molecule has 0 radical (unpaired) electrons. The predicted molar refractivity (Wildman–Crippen MR) is 103 cm³/mol. The van der Waals surface area contributed by atoms with Crippen LogP contribution in [0, 0.1) is 28.9 Å². The molecule has 0 spiro atoms. The summed E-state index contributed by atoms with van der Waals surface area (Å²) in [7, 11) is 0. The van der Waals surface area contributed by atoms with Crippen LogP contribution < -0.4 is 0 Å². The number of hydrogen-bond donors (Lipinski definition) is 0. The SMILES string of the molecule is CC1CCC(c2ccc(C3CCc4c(cc(F)c(C#N)c4F)C3)cc2)CC1. The minimum atomic E-state index is -0.740. The van der Waals surface area contributed by atoms with Crippen LogP contribution in [0.1, 0.15) is 78.7 Å². The fourth-order valence-electron chi connectivity index (χ4n) is 4.87. The van der Waals surface area contributed by atoms with Gasteiger partial charge in [0.2, 0.25) is 0 Å². The lowest BCUT2D eigenvalue weighted by Gasteiger charge is -2.28. The van der Waals surface area contributed by atoms with Gasteiger partial charge in [-0.3, -0.25) is 0 Å². The predicted octanol–water partition coefficient (Wildman–Crippen LogP) is 6.40. The normalized spacial score (nSPS) is 24.9. The second kappa shape index (κ2) is 7.43. The third kappa shape index (κ3) is 3.50. The summed E-state index contributed by atoms with van der Waals surface area (Å²) in [5.74, 6) is 0.411. The second-order valence-electron chi connectivity index (χ2n) is 8.36. The zero-order chi connectivity index (χ0) is 19.0. The molecule has 4 rings (SSSR count). The van der Waals surface area contributed by atoms with Gasteiger partial charge in [0, 0.05) is 0 Å². The molecule has 0 aromatic heterocycles. The molecular weight excluding hydrogens is 340 g/mol. The number of benzene rings is 2. The standard InChI is InChI=1S/C24H25F2N/c1-15-2-4-16(5-3-15)17-6-8-18(9-7-17)19-10-11-21-20(12-19)13-23(25)22(14-27)24(21)26/h6-9,13,15-16,19H,2-5,10-12H2,1H3. The van der Waals surface area contributed by atoms with Crippen molar-refractivity contribution in [1.82, 2.24) is 0 Å². The molecule has 2 aromatic rings. The molecule has 1 nitrogen and oxygen atoms in total. The Balaban J connectivity index is 1.52. The smallest absolute Gasteiger partial charge is 0.147 e. The molecule has 2 aromatic carbocycles. The third-order valence-electron chi connectivity index (χ3n) is 6.63. The number of rotatable bonds is 2. The summed E-state index contributed by atoms with van der Waals surface area (Å²) < 4.78 is 28.4. The monoisotopic (exact) mass is 365 g/mol. The van der Waals surface area contributed by atoms with Gasteiger partial charge in [0.25, 0.3) is 0 Å². The van der Waals surface area contributed by atoms with Crippen LogP contribution in [0.5, 0.6) is 0 Å². The minimum absolute atomic E-state index is 0.282. The highest BCUT2D eigenvalue weighted by Gasteiger charge is 2.26. The average molecular weight is 365 g/mol. The summed E-state index contributed by atoms with van der Waals surface area (Å²) in [6.45, 7) is 2.34. The zero-order valence-corrected chi connectivity index (χ0v) is 15.8. The first kappa shape index (κ1) is 18.2. The Labute approximate surface area is 160 Å². The van der Waals surface area contributed by atoms with Crippen molar-refractivity contribution in [2.75, 3.05) is 0 Å². The summed E-state index contributed by atoms with van der Waals surface area (Å²) in [5.41, 5.74) is 3.47. The van der Waals surface area contributed by atoms with Crippen LogP contribution in [0.3, 0.4) is 0 Å². The molecule has 3 heteroatoms. The Morgan fingerprint density at radius 3 is 2.19 bits per heavy atom. The topological polar surface area (TPSA) is 23.8 Å². The van der Waals surface area contributed by atoms with E-state index < -0.39 is 17.2 Å². The molecule has 2 aliphatic carbocycles. The molecule has 1 saturated carbocycles. The highest BCUT2D eigenvalue weighted by molar-refractivity contribution is 5.44. The van der Waals surface area contributed by atoms with Crippen molar-refractivity contribution in [3.63, 3.8) is 0 Å². The molecule has 0 amide bonds. The molecule has 1 fully saturated rings. The number of halogens is 2. The van der Waals surface area contributed by atoms with Gasteiger partial charge in [0.05, 0.1) is 0 Å². The summed E-state index contributed by atoms with van der Waals surface area (Å²) in [4.78, 5) is 0. The van der Waals surface area contributed by atoms with E-state index in [2.05, 4.69) is 31.2 Å². The Bertz CT molecular complexity index is 871. The first-order valence-corrected chi connectivity index (χ1v) is 10.1. The van der Waals surface area contributed by atoms with E-state index >= 15 is 0 Å². The molecular formula is C24H25F2N.